The van der Waals surface area contributed by atoms with Gasteiger partial charge in [-0.2, -0.15) is 5.10 Å². The number of hydrogen-bond donors (Lipinski definition) is 1. The second-order valence-corrected chi connectivity index (χ2v) is 8.94. The van der Waals surface area contributed by atoms with E-state index in [1.165, 1.54) is 5.56 Å². The van der Waals surface area contributed by atoms with Crippen LogP contribution < -0.4 is 0 Å². The monoisotopic (exact) mass is 401 g/mol. The first-order valence-corrected chi connectivity index (χ1v) is 11.5. The van der Waals surface area contributed by atoms with Crippen molar-refractivity contribution < 1.29 is 9.59 Å². The molecule has 160 valence electrons. The first-order chi connectivity index (χ1) is 14.2. The standard InChI is InChI=1S/C22H35N5O2/c28-21(7-3-5-18-15-23-24-16-18)25-13-8-20(9-14-25)27-12-4-6-19(17-27)22(29)26-10-1-2-11-26/h15-16,19-20H,1-14,17H2,(H,23,24)/t19-/m1/s1. The van der Waals surface area contributed by atoms with Gasteiger partial charge in [0.2, 0.25) is 11.8 Å². The Labute approximate surface area is 173 Å². The number of carbonyl (C=O) groups excluding carboxylic acids is 2. The van der Waals surface area contributed by atoms with Crippen LogP contribution in [0.25, 0.3) is 0 Å². The smallest absolute Gasteiger partial charge is 0.226 e. The molecule has 0 saturated carbocycles. The van der Waals surface area contributed by atoms with Gasteiger partial charge in [-0.25, -0.2) is 0 Å². The minimum atomic E-state index is 0.185. The highest BCUT2D eigenvalue weighted by molar-refractivity contribution is 5.79. The molecule has 7 heteroatoms. The number of aromatic nitrogens is 2. The lowest BCUT2D eigenvalue weighted by molar-refractivity contribution is -0.136. The Hall–Kier alpha value is -1.89. The molecule has 0 aliphatic carbocycles. The quantitative estimate of drug-likeness (QED) is 0.792. The molecule has 1 N–H and O–H groups in total. The predicted molar refractivity (Wildman–Crippen MR) is 111 cm³/mol. The molecule has 3 saturated heterocycles. The highest BCUT2D eigenvalue weighted by Crippen LogP contribution is 2.26. The minimum absolute atomic E-state index is 0.185. The van der Waals surface area contributed by atoms with Crippen LogP contribution in [0.2, 0.25) is 0 Å². The molecule has 0 unspecified atom stereocenters. The van der Waals surface area contributed by atoms with Gasteiger partial charge in [0, 0.05) is 51.4 Å². The molecule has 1 aromatic heterocycles. The van der Waals surface area contributed by atoms with Gasteiger partial charge in [0.05, 0.1) is 12.1 Å². The Morgan fingerprint density at radius 3 is 2.52 bits per heavy atom. The minimum Gasteiger partial charge on any atom is -0.343 e. The van der Waals surface area contributed by atoms with Gasteiger partial charge in [-0.15, -0.1) is 0 Å². The van der Waals surface area contributed by atoms with Gasteiger partial charge in [-0.3, -0.25) is 19.6 Å². The number of carbonyl (C=O) groups is 2. The fourth-order valence-electron chi connectivity index (χ4n) is 5.23. The molecular weight excluding hydrogens is 366 g/mol. The summed E-state index contributed by atoms with van der Waals surface area (Å²) < 4.78 is 0. The number of rotatable bonds is 6. The molecule has 0 bridgehead atoms. The highest BCUT2D eigenvalue weighted by Gasteiger charge is 2.34. The molecule has 0 radical (unpaired) electrons. The van der Waals surface area contributed by atoms with Crippen LogP contribution in [0.1, 0.15) is 56.9 Å². The molecule has 3 aliphatic heterocycles. The molecule has 0 spiro atoms. The lowest BCUT2D eigenvalue weighted by Crippen LogP contribution is -2.51. The fraction of sp³-hybridized carbons (Fsp3) is 0.773. The second kappa shape index (κ2) is 9.74. The molecular formula is C22H35N5O2. The maximum Gasteiger partial charge on any atom is 0.226 e. The van der Waals surface area contributed by atoms with Crippen LogP contribution in [0.4, 0.5) is 0 Å². The van der Waals surface area contributed by atoms with Crippen molar-refractivity contribution >= 4 is 11.8 Å². The lowest BCUT2D eigenvalue weighted by atomic mass is 9.93. The van der Waals surface area contributed by atoms with Crippen LogP contribution in [0.15, 0.2) is 12.4 Å². The predicted octanol–water partition coefficient (Wildman–Crippen LogP) is 2.06. The van der Waals surface area contributed by atoms with Crippen LogP contribution in [0, 0.1) is 5.92 Å². The third-order valence-corrected chi connectivity index (χ3v) is 6.96. The van der Waals surface area contributed by atoms with Gasteiger partial charge in [0.15, 0.2) is 0 Å². The number of likely N-dealkylation sites (tertiary alicyclic amines) is 3. The largest absolute Gasteiger partial charge is 0.343 e. The molecule has 4 rings (SSSR count). The Balaban J connectivity index is 1.19. The number of H-pyrrole nitrogens is 1. The van der Waals surface area contributed by atoms with E-state index in [0.717, 1.165) is 90.6 Å². The van der Waals surface area contributed by atoms with Gasteiger partial charge in [0.1, 0.15) is 0 Å². The summed E-state index contributed by atoms with van der Waals surface area (Å²) in [6, 6.07) is 0.527. The van der Waals surface area contributed by atoms with Gasteiger partial charge >= 0.3 is 0 Å². The van der Waals surface area contributed by atoms with Crippen LogP contribution in [-0.4, -0.2) is 82.0 Å². The molecule has 3 aliphatic rings. The van der Waals surface area contributed by atoms with Crippen LogP contribution in [0.3, 0.4) is 0 Å². The summed E-state index contributed by atoms with van der Waals surface area (Å²) in [6.45, 7) is 5.64. The van der Waals surface area contributed by atoms with Crippen molar-refractivity contribution in [3.05, 3.63) is 18.0 Å². The summed E-state index contributed by atoms with van der Waals surface area (Å²) in [5.41, 5.74) is 1.17. The van der Waals surface area contributed by atoms with E-state index in [1.54, 1.807) is 0 Å². The SMILES string of the molecule is O=C(CCCc1cn[nH]c1)N1CCC(N2CCC[C@@H](C(=O)N3CCCC3)C2)CC1. The molecule has 0 aromatic carbocycles. The van der Waals surface area contributed by atoms with Crippen molar-refractivity contribution in [2.45, 2.75) is 63.8 Å². The van der Waals surface area contributed by atoms with Crippen molar-refractivity contribution in [1.82, 2.24) is 24.9 Å². The van der Waals surface area contributed by atoms with Gasteiger partial charge in [-0.05, 0) is 63.5 Å². The zero-order valence-corrected chi connectivity index (χ0v) is 17.5. The third-order valence-electron chi connectivity index (χ3n) is 6.96. The topological polar surface area (TPSA) is 72.5 Å². The number of hydrogen-bond acceptors (Lipinski definition) is 4. The fourth-order valence-corrected chi connectivity index (χ4v) is 5.23. The Morgan fingerprint density at radius 2 is 1.79 bits per heavy atom. The number of aryl methyl sites for hydroxylation is 1. The Morgan fingerprint density at radius 1 is 1.00 bits per heavy atom. The van der Waals surface area contributed by atoms with Crippen molar-refractivity contribution in [3.63, 3.8) is 0 Å². The van der Waals surface area contributed by atoms with E-state index >= 15 is 0 Å². The summed E-state index contributed by atoms with van der Waals surface area (Å²) in [6.07, 6.45) is 12.7. The van der Waals surface area contributed by atoms with Gasteiger partial charge in [-0.1, -0.05) is 0 Å². The van der Waals surface area contributed by atoms with Gasteiger partial charge in [0.25, 0.3) is 0 Å². The van der Waals surface area contributed by atoms with E-state index in [2.05, 4.69) is 20.0 Å². The maximum atomic E-state index is 12.8. The van der Waals surface area contributed by atoms with E-state index in [0.29, 0.717) is 18.4 Å². The summed E-state index contributed by atoms with van der Waals surface area (Å²) in [5, 5.41) is 6.77. The lowest BCUT2D eigenvalue weighted by Gasteiger charge is -2.42. The average molecular weight is 402 g/mol. The molecule has 1 aromatic rings. The van der Waals surface area contributed by atoms with E-state index in [-0.39, 0.29) is 11.8 Å². The number of piperidine rings is 2. The summed E-state index contributed by atoms with van der Waals surface area (Å²) >= 11 is 0. The van der Waals surface area contributed by atoms with E-state index in [1.807, 2.05) is 17.3 Å². The maximum absolute atomic E-state index is 12.8. The number of nitrogens with zero attached hydrogens (tertiary/aromatic N) is 4. The third kappa shape index (κ3) is 5.18. The zero-order chi connectivity index (χ0) is 20.1. The van der Waals surface area contributed by atoms with Crippen molar-refractivity contribution in [2.24, 2.45) is 5.92 Å². The summed E-state index contributed by atoms with van der Waals surface area (Å²) in [7, 11) is 0. The Kier molecular flexibility index (Phi) is 6.85. The van der Waals surface area contributed by atoms with Crippen molar-refractivity contribution in [3.8, 4) is 0 Å². The normalized spacial score (nSPS) is 24.2. The van der Waals surface area contributed by atoms with E-state index < -0.39 is 0 Å². The van der Waals surface area contributed by atoms with E-state index in [9.17, 15) is 9.59 Å². The number of nitrogens with one attached hydrogen (secondary N) is 1. The van der Waals surface area contributed by atoms with Crippen LogP contribution >= 0.6 is 0 Å². The number of amides is 2. The van der Waals surface area contributed by atoms with Crippen LogP contribution in [0.5, 0.6) is 0 Å². The first-order valence-electron chi connectivity index (χ1n) is 11.5. The highest BCUT2D eigenvalue weighted by atomic mass is 16.2. The molecule has 7 nitrogen and oxygen atoms in total. The van der Waals surface area contributed by atoms with Crippen molar-refractivity contribution in [2.75, 3.05) is 39.3 Å². The first kappa shape index (κ1) is 20.4. The average Bonchev–Trinajstić information content (AvgIpc) is 3.48. The van der Waals surface area contributed by atoms with E-state index in [4.69, 9.17) is 0 Å². The van der Waals surface area contributed by atoms with Crippen LogP contribution in [-0.2, 0) is 16.0 Å². The zero-order valence-electron chi connectivity index (χ0n) is 17.5. The summed E-state index contributed by atoms with van der Waals surface area (Å²) in [4.78, 5) is 32.0. The van der Waals surface area contributed by atoms with Crippen molar-refractivity contribution in [1.29, 1.82) is 0 Å². The molecule has 1 atom stereocenters. The summed E-state index contributed by atoms with van der Waals surface area (Å²) in [5.74, 6) is 0.856. The Bertz CT molecular complexity index is 663. The van der Waals surface area contributed by atoms with Gasteiger partial charge < -0.3 is 9.80 Å². The molecule has 4 heterocycles. The number of aromatic amines is 1. The molecule has 29 heavy (non-hydrogen) atoms. The molecule has 2 amide bonds. The second-order valence-electron chi connectivity index (χ2n) is 8.94. The molecule has 3 fully saturated rings.